The van der Waals surface area contributed by atoms with Crippen LogP contribution in [0.1, 0.15) is 19.3 Å². The molecular weight excluding hydrogens is 196 g/mol. The van der Waals surface area contributed by atoms with Crippen LogP contribution in [0.3, 0.4) is 0 Å². The van der Waals surface area contributed by atoms with Crippen LogP contribution in [0.2, 0.25) is 0 Å². The second kappa shape index (κ2) is 3.88. The van der Waals surface area contributed by atoms with Gasteiger partial charge in [-0.3, -0.25) is 4.57 Å². The number of hydrogen-bond donors (Lipinski definition) is 0. The van der Waals surface area contributed by atoms with Gasteiger partial charge in [0.1, 0.15) is 6.20 Å². The topological polar surface area (TPSA) is 64.2 Å². The summed E-state index contributed by atoms with van der Waals surface area (Å²) in [5.74, 6) is 0.638. The molecule has 1 aliphatic heterocycles. The lowest BCUT2D eigenvalue weighted by molar-refractivity contribution is -0.389. The van der Waals surface area contributed by atoms with Crippen molar-refractivity contribution in [2.45, 2.75) is 19.3 Å². The summed E-state index contributed by atoms with van der Waals surface area (Å²) < 4.78 is 1.73. The summed E-state index contributed by atoms with van der Waals surface area (Å²) in [6.07, 6.45) is 4.98. The Kier molecular flexibility index (Phi) is 2.57. The van der Waals surface area contributed by atoms with E-state index in [1.165, 1.54) is 12.6 Å². The first-order valence-electron chi connectivity index (χ1n) is 5.11. The summed E-state index contributed by atoms with van der Waals surface area (Å²) in [6, 6.07) is 0. The van der Waals surface area contributed by atoms with E-state index in [-0.39, 0.29) is 5.82 Å². The van der Waals surface area contributed by atoms with Crippen molar-refractivity contribution < 1.29 is 4.92 Å². The Morgan fingerprint density at radius 1 is 1.40 bits per heavy atom. The third kappa shape index (κ3) is 1.93. The van der Waals surface area contributed by atoms with Gasteiger partial charge in [0.2, 0.25) is 0 Å². The van der Waals surface area contributed by atoms with Crippen LogP contribution in [0.25, 0.3) is 0 Å². The molecule has 0 aromatic carbocycles. The zero-order chi connectivity index (χ0) is 10.8. The van der Waals surface area contributed by atoms with E-state index < -0.39 is 4.92 Å². The maximum atomic E-state index is 10.6. The summed E-state index contributed by atoms with van der Waals surface area (Å²) >= 11 is 0. The summed E-state index contributed by atoms with van der Waals surface area (Å²) in [4.78, 5) is 16.2. The number of aryl methyl sites for hydroxylation is 1. The van der Waals surface area contributed by atoms with Crippen LogP contribution in [-0.4, -0.2) is 27.6 Å². The van der Waals surface area contributed by atoms with Crippen LogP contribution in [0.5, 0.6) is 0 Å². The maximum Gasteiger partial charge on any atom is 0.384 e. The van der Waals surface area contributed by atoms with Gasteiger partial charge in [-0.2, -0.15) is 0 Å². The molecular formula is C9H14N4O2. The van der Waals surface area contributed by atoms with Crippen LogP contribution < -0.4 is 4.90 Å². The number of imidazole rings is 1. The average Bonchev–Trinajstić information content (AvgIpc) is 2.62. The fraction of sp³-hybridized carbons (Fsp3) is 0.667. The van der Waals surface area contributed by atoms with Gasteiger partial charge in [0, 0.05) is 25.1 Å². The van der Waals surface area contributed by atoms with Crippen molar-refractivity contribution in [2.24, 2.45) is 7.05 Å². The highest BCUT2D eigenvalue weighted by atomic mass is 16.6. The lowest BCUT2D eigenvalue weighted by Crippen LogP contribution is -2.31. The van der Waals surface area contributed by atoms with Crippen LogP contribution in [-0.2, 0) is 7.05 Å². The van der Waals surface area contributed by atoms with Crippen LogP contribution in [0.15, 0.2) is 6.20 Å². The van der Waals surface area contributed by atoms with Gasteiger partial charge in [0.15, 0.2) is 0 Å². The van der Waals surface area contributed by atoms with E-state index in [0.29, 0.717) is 5.95 Å². The van der Waals surface area contributed by atoms with Gasteiger partial charge in [-0.15, -0.1) is 0 Å². The number of aromatic nitrogens is 2. The number of nitrogens with zero attached hydrogens (tertiary/aromatic N) is 4. The molecule has 1 fully saturated rings. The molecule has 0 aliphatic carbocycles. The summed E-state index contributed by atoms with van der Waals surface area (Å²) in [7, 11) is 1.80. The SMILES string of the molecule is Cn1cc([N+](=O)[O-])nc1N1CCCCC1. The highest BCUT2D eigenvalue weighted by molar-refractivity contribution is 5.37. The second-order valence-electron chi connectivity index (χ2n) is 3.81. The van der Waals surface area contributed by atoms with E-state index >= 15 is 0 Å². The minimum absolute atomic E-state index is 0.0712. The number of nitro groups is 1. The molecule has 0 atom stereocenters. The van der Waals surface area contributed by atoms with E-state index in [4.69, 9.17) is 0 Å². The molecule has 1 aromatic heterocycles. The lowest BCUT2D eigenvalue weighted by Gasteiger charge is -2.24. The summed E-state index contributed by atoms with van der Waals surface area (Å²) in [5, 5.41) is 10.6. The number of rotatable bonds is 2. The molecule has 0 bridgehead atoms. The van der Waals surface area contributed by atoms with Crippen LogP contribution >= 0.6 is 0 Å². The molecule has 0 amide bonds. The Morgan fingerprint density at radius 2 is 2.07 bits per heavy atom. The zero-order valence-electron chi connectivity index (χ0n) is 8.72. The maximum absolute atomic E-state index is 10.6. The summed E-state index contributed by atoms with van der Waals surface area (Å²) in [5.41, 5.74) is 0. The van der Waals surface area contributed by atoms with Crippen molar-refractivity contribution >= 4 is 11.8 Å². The highest BCUT2D eigenvalue weighted by Crippen LogP contribution is 2.21. The standard InChI is InChI=1S/C9H14N4O2/c1-11-7-8(13(14)15)10-9(11)12-5-3-2-4-6-12/h7H,2-6H2,1H3. The van der Waals surface area contributed by atoms with Crippen molar-refractivity contribution in [1.29, 1.82) is 0 Å². The monoisotopic (exact) mass is 210 g/mol. The predicted molar refractivity (Wildman–Crippen MR) is 55.9 cm³/mol. The third-order valence-corrected chi connectivity index (χ3v) is 2.67. The molecule has 2 rings (SSSR count). The van der Waals surface area contributed by atoms with E-state index in [9.17, 15) is 10.1 Å². The minimum Gasteiger partial charge on any atom is -0.358 e. The van der Waals surface area contributed by atoms with E-state index in [2.05, 4.69) is 9.88 Å². The molecule has 0 saturated carbocycles. The van der Waals surface area contributed by atoms with Crippen molar-refractivity contribution in [3.8, 4) is 0 Å². The Labute approximate surface area is 87.7 Å². The first-order valence-corrected chi connectivity index (χ1v) is 5.11. The fourth-order valence-electron chi connectivity index (χ4n) is 1.92. The molecule has 0 radical (unpaired) electrons. The predicted octanol–water partition coefficient (Wildman–Crippen LogP) is 1.32. The van der Waals surface area contributed by atoms with Crippen LogP contribution in [0, 0.1) is 10.1 Å². The van der Waals surface area contributed by atoms with Gasteiger partial charge in [-0.25, -0.2) is 0 Å². The molecule has 15 heavy (non-hydrogen) atoms. The van der Waals surface area contributed by atoms with Crippen molar-refractivity contribution in [3.63, 3.8) is 0 Å². The van der Waals surface area contributed by atoms with Gasteiger partial charge in [-0.1, -0.05) is 0 Å². The normalized spacial score (nSPS) is 16.7. The minimum atomic E-state index is -0.451. The highest BCUT2D eigenvalue weighted by Gasteiger charge is 2.23. The number of hydrogen-bond acceptors (Lipinski definition) is 4. The van der Waals surface area contributed by atoms with Gasteiger partial charge < -0.3 is 15.0 Å². The van der Waals surface area contributed by atoms with Crippen molar-refractivity contribution in [2.75, 3.05) is 18.0 Å². The molecule has 1 saturated heterocycles. The molecule has 82 valence electrons. The third-order valence-electron chi connectivity index (χ3n) is 2.67. The van der Waals surface area contributed by atoms with Gasteiger partial charge in [0.25, 0.3) is 0 Å². The molecule has 2 heterocycles. The van der Waals surface area contributed by atoms with Crippen molar-refractivity contribution in [3.05, 3.63) is 16.3 Å². The van der Waals surface area contributed by atoms with E-state index in [1.807, 2.05) is 0 Å². The first-order chi connectivity index (χ1) is 7.18. The summed E-state index contributed by atoms with van der Waals surface area (Å²) in [6.45, 7) is 1.89. The zero-order valence-corrected chi connectivity index (χ0v) is 8.72. The average molecular weight is 210 g/mol. The molecule has 0 spiro atoms. The smallest absolute Gasteiger partial charge is 0.358 e. The van der Waals surface area contributed by atoms with Gasteiger partial charge in [-0.05, 0) is 24.2 Å². The lowest BCUT2D eigenvalue weighted by atomic mass is 10.1. The Bertz CT molecular complexity index is 368. The first kappa shape index (κ1) is 9.95. The molecule has 0 N–H and O–H groups in total. The van der Waals surface area contributed by atoms with E-state index in [0.717, 1.165) is 25.9 Å². The number of anilines is 1. The molecule has 6 nitrogen and oxygen atoms in total. The molecule has 1 aromatic rings. The Morgan fingerprint density at radius 3 is 2.60 bits per heavy atom. The van der Waals surface area contributed by atoms with Crippen molar-refractivity contribution in [1.82, 2.24) is 9.55 Å². The number of piperidine rings is 1. The Balaban J connectivity index is 2.22. The second-order valence-corrected chi connectivity index (χ2v) is 3.81. The molecule has 1 aliphatic rings. The van der Waals surface area contributed by atoms with Gasteiger partial charge in [0.05, 0.1) is 0 Å². The fourth-order valence-corrected chi connectivity index (χ4v) is 1.92. The van der Waals surface area contributed by atoms with Crippen LogP contribution in [0.4, 0.5) is 11.8 Å². The van der Waals surface area contributed by atoms with E-state index in [1.54, 1.807) is 11.6 Å². The molecule has 6 heteroatoms. The van der Waals surface area contributed by atoms with Gasteiger partial charge >= 0.3 is 11.8 Å². The Hall–Kier alpha value is -1.59. The molecule has 0 unspecified atom stereocenters. The largest absolute Gasteiger partial charge is 0.384 e. The quantitative estimate of drug-likeness (QED) is 0.545.